The van der Waals surface area contributed by atoms with E-state index < -0.39 is 0 Å². The Hall–Kier alpha value is -2.76. The van der Waals surface area contributed by atoms with Crippen LogP contribution in [0.15, 0.2) is 47.1 Å². The smallest absolute Gasteiger partial charge is 0.278 e. The average molecular weight is 256 g/mol. The quantitative estimate of drug-likeness (QED) is 0.762. The van der Waals surface area contributed by atoms with Crippen LogP contribution in [0.1, 0.15) is 0 Å². The van der Waals surface area contributed by atoms with Crippen molar-refractivity contribution in [3.63, 3.8) is 0 Å². The molecule has 19 heavy (non-hydrogen) atoms. The largest absolute Gasteiger partial charge is 0.397 e. The highest BCUT2D eigenvalue weighted by molar-refractivity contribution is 5.67. The molecule has 6 heteroatoms. The molecule has 2 aromatic heterocycles. The lowest BCUT2D eigenvalue weighted by atomic mass is 10.2. The zero-order valence-electron chi connectivity index (χ0n) is 9.75. The Balaban J connectivity index is 2.03. The first-order valence-electron chi connectivity index (χ1n) is 5.54. The molecular formula is C13H9FN4O. The van der Waals surface area contributed by atoms with E-state index in [4.69, 9.17) is 10.3 Å². The second-order valence-electron chi connectivity index (χ2n) is 3.87. The zero-order chi connectivity index (χ0) is 13.2. The third-order valence-electron chi connectivity index (χ3n) is 2.55. The van der Waals surface area contributed by atoms with Crippen molar-refractivity contribution in [1.82, 2.24) is 15.1 Å². The van der Waals surface area contributed by atoms with E-state index in [-0.39, 0.29) is 11.7 Å². The average Bonchev–Trinajstić information content (AvgIpc) is 2.89. The van der Waals surface area contributed by atoms with Crippen molar-refractivity contribution < 1.29 is 8.91 Å². The van der Waals surface area contributed by atoms with Crippen LogP contribution >= 0.6 is 0 Å². The minimum absolute atomic E-state index is 0.206. The zero-order valence-corrected chi connectivity index (χ0v) is 9.75. The number of pyridine rings is 1. The van der Waals surface area contributed by atoms with Crippen molar-refractivity contribution in [2.75, 3.05) is 5.73 Å². The van der Waals surface area contributed by atoms with Crippen LogP contribution in [-0.4, -0.2) is 15.1 Å². The lowest BCUT2D eigenvalue weighted by Gasteiger charge is -1.96. The summed E-state index contributed by atoms with van der Waals surface area (Å²) in [6.45, 7) is 0. The third kappa shape index (κ3) is 2.15. The maximum atomic E-state index is 13.1. The molecule has 3 aromatic rings. The van der Waals surface area contributed by atoms with Crippen LogP contribution in [0.4, 0.5) is 10.1 Å². The summed E-state index contributed by atoms with van der Waals surface area (Å²) in [5, 5.41) is 3.80. The van der Waals surface area contributed by atoms with Crippen molar-refractivity contribution >= 4 is 5.69 Å². The molecule has 1 aromatic carbocycles. The molecular weight excluding hydrogens is 247 g/mol. The predicted octanol–water partition coefficient (Wildman–Crippen LogP) is 2.52. The highest BCUT2D eigenvalue weighted by Crippen LogP contribution is 2.24. The van der Waals surface area contributed by atoms with Gasteiger partial charge in [-0.2, -0.15) is 4.98 Å². The van der Waals surface area contributed by atoms with Gasteiger partial charge in [-0.3, -0.25) is 0 Å². The second-order valence-corrected chi connectivity index (χ2v) is 3.87. The first-order chi connectivity index (χ1) is 9.24. The molecule has 0 spiro atoms. The van der Waals surface area contributed by atoms with Crippen molar-refractivity contribution in [2.45, 2.75) is 0 Å². The van der Waals surface area contributed by atoms with Gasteiger partial charge in [0.15, 0.2) is 5.69 Å². The van der Waals surface area contributed by atoms with E-state index in [0.717, 1.165) is 0 Å². The standard InChI is InChI=1S/C13H9FN4O/c14-9-4-1-3-8(7-9)12-17-13(19-18-12)11-10(15)5-2-6-16-11/h1-7H,15H2. The van der Waals surface area contributed by atoms with Gasteiger partial charge >= 0.3 is 0 Å². The maximum Gasteiger partial charge on any atom is 0.278 e. The van der Waals surface area contributed by atoms with Gasteiger partial charge in [0.1, 0.15) is 5.82 Å². The van der Waals surface area contributed by atoms with E-state index in [0.29, 0.717) is 22.8 Å². The van der Waals surface area contributed by atoms with Crippen molar-refractivity contribution in [3.8, 4) is 23.0 Å². The van der Waals surface area contributed by atoms with Crippen LogP contribution in [-0.2, 0) is 0 Å². The molecule has 0 unspecified atom stereocenters. The lowest BCUT2D eigenvalue weighted by molar-refractivity contribution is 0.431. The van der Waals surface area contributed by atoms with E-state index in [1.54, 1.807) is 30.5 Å². The van der Waals surface area contributed by atoms with E-state index in [1.807, 2.05) is 0 Å². The Labute approximate surface area is 107 Å². The molecule has 0 atom stereocenters. The number of benzene rings is 1. The van der Waals surface area contributed by atoms with Gasteiger partial charge in [0, 0.05) is 11.8 Å². The predicted molar refractivity (Wildman–Crippen MR) is 67.3 cm³/mol. The molecule has 0 aliphatic rings. The summed E-state index contributed by atoms with van der Waals surface area (Å²) >= 11 is 0. The van der Waals surface area contributed by atoms with Crippen molar-refractivity contribution in [2.24, 2.45) is 0 Å². The fraction of sp³-hybridized carbons (Fsp3) is 0. The van der Waals surface area contributed by atoms with Crippen LogP contribution in [0.25, 0.3) is 23.0 Å². The first kappa shape index (κ1) is 11.3. The molecule has 0 aliphatic carbocycles. The van der Waals surface area contributed by atoms with Crippen LogP contribution in [0, 0.1) is 5.82 Å². The molecule has 2 heterocycles. The number of hydrogen-bond donors (Lipinski definition) is 1. The number of hydrogen-bond acceptors (Lipinski definition) is 5. The Morgan fingerprint density at radius 2 is 2.05 bits per heavy atom. The Bertz CT molecular complexity index is 726. The van der Waals surface area contributed by atoms with Gasteiger partial charge in [-0.1, -0.05) is 17.3 Å². The molecule has 2 N–H and O–H groups in total. The summed E-state index contributed by atoms with van der Waals surface area (Å²) in [5.74, 6) is 0.137. The van der Waals surface area contributed by atoms with E-state index in [1.165, 1.54) is 12.1 Å². The highest BCUT2D eigenvalue weighted by Gasteiger charge is 2.14. The van der Waals surface area contributed by atoms with Gasteiger partial charge in [0.25, 0.3) is 5.89 Å². The van der Waals surface area contributed by atoms with E-state index in [2.05, 4.69) is 15.1 Å². The monoisotopic (exact) mass is 256 g/mol. The summed E-state index contributed by atoms with van der Waals surface area (Å²) in [7, 11) is 0. The first-order valence-corrected chi connectivity index (χ1v) is 5.54. The van der Waals surface area contributed by atoms with Gasteiger partial charge in [-0.05, 0) is 24.3 Å². The van der Waals surface area contributed by atoms with Crippen LogP contribution in [0.3, 0.4) is 0 Å². The summed E-state index contributed by atoms with van der Waals surface area (Å²) in [4.78, 5) is 8.24. The van der Waals surface area contributed by atoms with Crippen LogP contribution in [0.5, 0.6) is 0 Å². The van der Waals surface area contributed by atoms with Crippen molar-refractivity contribution in [1.29, 1.82) is 0 Å². The van der Waals surface area contributed by atoms with Crippen molar-refractivity contribution in [3.05, 3.63) is 48.4 Å². The molecule has 0 saturated heterocycles. The molecule has 0 aliphatic heterocycles. The minimum Gasteiger partial charge on any atom is -0.397 e. The summed E-state index contributed by atoms with van der Waals surface area (Å²) in [5.41, 5.74) is 7.16. The molecule has 0 radical (unpaired) electrons. The molecule has 0 bridgehead atoms. The van der Waals surface area contributed by atoms with Crippen LogP contribution < -0.4 is 5.73 Å². The normalized spacial score (nSPS) is 10.6. The molecule has 0 fully saturated rings. The van der Waals surface area contributed by atoms with Gasteiger partial charge in [0.2, 0.25) is 5.82 Å². The molecule has 3 rings (SSSR count). The Morgan fingerprint density at radius 1 is 1.16 bits per heavy atom. The van der Waals surface area contributed by atoms with Gasteiger partial charge < -0.3 is 10.3 Å². The maximum absolute atomic E-state index is 13.1. The molecule has 0 amide bonds. The highest BCUT2D eigenvalue weighted by atomic mass is 19.1. The Kier molecular flexibility index (Phi) is 2.68. The molecule has 94 valence electrons. The summed E-state index contributed by atoms with van der Waals surface area (Å²) in [6.07, 6.45) is 1.58. The third-order valence-corrected chi connectivity index (χ3v) is 2.55. The number of aromatic nitrogens is 3. The van der Waals surface area contributed by atoms with E-state index >= 15 is 0 Å². The van der Waals surface area contributed by atoms with Crippen LogP contribution in [0.2, 0.25) is 0 Å². The Morgan fingerprint density at radius 3 is 2.84 bits per heavy atom. The number of nitrogens with two attached hydrogens (primary N) is 1. The minimum atomic E-state index is -0.360. The summed E-state index contributed by atoms with van der Waals surface area (Å²) < 4.78 is 18.2. The SMILES string of the molecule is Nc1cccnc1-c1nc(-c2cccc(F)c2)no1. The fourth-order valence-corrected chi connectivity index (χ4v) is 1.66. The number of rotatable bonds is 2. The van der Waals surface area contributed by atoms with E-state index in [9.17, 15) is 4.39 Å². The second kappa shape index (κ2) is 4.49. The van der Waals surface area contributed by atoms with Gasteiger partial charge in [-0.25, -0.2) is 9.37 Å². The fourth-order valence-electron chi connectivity index (χ4n) is 1.66. The number of nitrogen functional groups attached to an aromatic ring is 1. The number of anilines is 1. The lowest BCUT2D eigenvalue weighted by Crippen LogP contribution is -1.92. The molecule has 5 nitrogen and oxygen atoms in total. The summed E-state index contributed by atoms with van der Waals surface area (Å²) in [6, 6.07) is 9.35. The van der Waals surface area contributed by atoms with Gasteiger partial charge in [0.05, 0.1) is 5.69 Å². The number of halogens is 1. The number of nitrogens with zero attached hydrogens (tertiary/aromatic N) is 3. The molecule has 0 saturated carbocycles. The van der Waals surface area contributed by atoms with Gasteiger partial charge in [-0.15, -0.1) is 0 Å². The topological polar surface area (TPSA) is 77.8 Å².